The van der Waals surface area contributed by atoms with E-state index in [0.717, 1.165) is 103 Å². The first kappa shape index (κ1) is 77.0. The van der Waals surface area contributed by atoms with Gasteiger partial charge in [-0.2, -0.15) is 0 Å². The molecule has 0 amide bonds. The van der Waals surface area contributed by atoms with E-state index >= 15 is 0 Å². The summed E-state index contributed by atoms with van der Waals surface area (Å²) in [6, 6.07) is 0. The number of nitrogens with zero attached hydrogens (tertiary/aromatic N) is 1. The fourth-order valence-corrected chi connectivity index (χ4v) is 9.01. The minimum absolute atomic E-state index is 0.183. The smallest absolute Gasteiger partial charge is 0.361 e. The quantitative estimate of drug-likeness (QED) is 0.0211. The molecule has 0 aromatic heterocycles. The highest BCUT2D eigenvalue weighted by atomic mass is 16.7. The van der Waals surface area contributed by atoms with Crippen LogP contribution in [0.15, 0.2) is 109 Å². The number of hydrogen-bond acceptors (Lipinski definition) is 7. The first-order valence-corrected chi connectivity index (χ1v) is 33.1. The van der Waals surface area contributed by atoms with E-state index in [2.05, 4.69) is 123 Å². The number of carboxylic acid groups (broad SMARTS) is 1. The maximum atomic E-state index is 12.9. The molecule has 0 aliphatic rings. The van der Waals surface area contributed by atoms with Crippen molar-refractivity contribution in [2.75, 3.05) is 47.5 Å². The molecule has 81 heavy (non-hydrogen) atoms. The molecule has 9 heteroatoms. The monoisotopic (exact) mass is 1130 g/mol. The second-order valence-electron chi connectivity index (χ2n) is 23.1. The molecule has 0 spiro atoms. The zero-order chi connectivity index (χ0) is 59.1. The SMILES string of the molecule is CC/C=C\C/C=C\C/C=C\C/C=C\C/C=C\C/C=C\C/C=C\C/C=C\C/C=C\CCCCCCCCCCCC(=O)OC(COC(=O)CCCCCCCCCCCCCCCCCCCCC)COC(OCC[N+](C)(C)C)C(=O)O. The van der Waals surface area contributed by atoms with Gasteiger partial charge in [0.2, 0.25) is 0 Å². The van der Waals surface area contributed by atoms with E-state index in [4.69, 9.17) is 18.9 Å². The summed E-state index contributed by atoms with van der Waals surface area (Å²) in [5, 5.41) is 9.73. The number of quaternary nitrogens is 1. The van der Waals surface area contributed by atoms with Gasteiger partial charge in [-0.1, -0.05) is 284 Å². The second-order valence-corrected chi connectivity index (χ2v) is 23.1. The number of rotatable bonds is 60. The van der Waals surface area contributed by atoms with Crippen LogP contribution >= 0.6 is 0 Å². The number of aliphatic carboxylic acids is 1. The van der Waals surface area contributed by atoms with E-state index in [-0.39, 0.29) is 32.2 Å². The zero-order valence-corrected chi connectivity index (χ0v) is 52.9. The number of carbonyl (C=O) groups is 3. The number of ether oxygens (including phenoxy) is 4. The van der Waals surface area contributed by atoms with Gasteiger partial charge in [0.05, 0.1) is 34.4 Å². The van der Waals surface area contributed by atoms with E-state index in [9.17, 15) is 19.5 Å². The predicted molar refractivity (Wildman–Crippen MR) is 345 cm³/mol. The molecule has 0 fully saturated rings. The Morgan fingerprint density at radius 2 is 0.704 bits per heavy atom. The molecule has 2 atom stereocenters. The third-order valence-electron chi connectivity index (χ3n) is 14.0. The van der Waals surface area contributed by atoms with Gasteiger partial charge in [0.25, 0.3) is 6.29 Å². The third kappa shape index (κ3) is 63.4. The molecule has 0 heterocycles. The molecule has 0 aliphatic carbocycles. The second kappa shape index (κ2) is 62.0. The van der Waals surface area contributed by atoms with Gasteiger partial charge in [0, 0.05) is 12.8 Å². The van der Waals surface area contributed by atoms with E-state index in [1.165, 1.54) is 135 Å². The normalized spacial score (nSPS) is 13.4. The summed E-state index contributed by atoms with van der Waals surface area (Å²) in [6.45, 7) is 4.78. The fourth-order valence-electron chi connectivity index (χ4n) is 9.01. The molecular formula is C72H124NO8+. The highest BCUT2D eigenvalue weighted by Crippen LogP contribution is 2.17. The molecule has 0 saturated heterocycles. The van der Waals surface area contributed by atoms with Crippen LogP contribution in [0.5, 0.6) is 0 Å². The topological polar surface area (TPSA) is 108 Å². The van der Waals surface area contributed by atoms with Crippen molar-refractivity contribution in [1.82, 2.24) is 0 Å². The standard InChI is InChI=1S/C72H123NO8/c1-6-8-10-12-14-16-18-20-22-24-26-27-28-29-30-31-32-33-34-35-36-37-38-39-40-41-42-43-45-47-49-51-53-55-57-59-61-63-70(75)81-68(67-80-72(71(76)77)78-65-64-73(3,4)5)66-79-69(74)62-60-58-56-54-52-50-48-46-44-25-23-21-19-17-15-13-11-9-7-2/h8,10,14,16,20,22,26-27,29-30,32-33,35-36,38-39,41-42,68,72H,6-7,9,11-13,15,17-19,21,23-25,28,31,34,37,40,43-67H2,1-5H3/p+1/b10-8-,16-14-,22-20-,27-26-,30-29-,33-32-,36-35-,39-38-,42-41-. The van der Waals surface area contributed by atoms with Crippen molar-refractivity contribution in [2.24, 2.45) is 0 Å². The summed E-state index contributed by atoms with van der Waals surface area (Å²) >= 11 is 0. The third-order valence-corrected chi connectivity index (χ3v) is 14.0. The maximum absolute atomic E-state index is 12.9. The first-order valence-electron chi connectivity index (χ1n) is 33.1. The summed E-state index contributed by atoms with van der Waals surface area (Å²) < 4.78 is 22.9. The maximum Gasteiger partial charge on any atom is 0.361 e. The van der Waals surface area contributed by atoms with Gasteiger partial charge >= 0.3 is 17.9 Å². The van der Waals surface area contributed by atoms with Gasteiger partial charge in [0.1, 0.15) is 13.2 Å². The van der Waals surface area contributed by atoms with Crippen LogP contribution < -0.4 is 0 Å². The molecule has 0 radical (unpaired) electrons. The van der Waals surface area contributed by atoms with Gasteiger partial charge in [0.15, 0.2) is 6.10 Å². The molecule has 0 aliphatic heterocycles. The Labute approximate surface area is 498 Å². The van der Waals surface area contributed by atoms with Crippen LogP contribution in [0.2, 0.25) is 0 Å². The number of esters is 2. The minimum atomic E-state index is -1.52. The van der Waals surface area contributed by atoms with Crippen molar-refractivity contribution >= 4 is 17.9 Å². The van der Waals surface area contributed by atoms with E-state index in [1.54, 1.807) is 0 Å². The van der Waals surface area contributed by atoms with E-state index in [1.807, 2.05) is 21.1 Å². The molecule has 0 bridgehead atoms. The van der Waals surface area contributed by atoms with Gasteiger partial charge in [-0.3, -0.25) is 9.59 Å². The molecule has 9 nitrogen and oxygen atoms in total. The Morgan fingerprint density at radius 1 is 0.383 bits per heavy atom. The molecule has 0 saturated carbocycles. The molecule has 2 unspecified atom stereocenters. The van der Waals surface area contributed by atoms with Crippen LogP contribution in [0.25, 0.3) is 0 Å². The largest absolute Gasteiger partial charge is 0.477 e. The molecule has 1 N–H and O–H groups in total. The van der Waals surface area contributed by atoms with Crippen LogP contribution in [-0.2, 0) is 33.3 Å². The van der Waals surface area contributed by atoms with Crippen molar-refractivity contribution in [3.8, 4) is 0 Å². The van der Waals surface area contributed by atoms with Crippen molar-refractivity contribution < 1.29 is 42.9 Å². The number of allylic oxidation sites excluding steroid dienone is 18. The molecule has 0 rings (SSSR count). The number of hydrogen-bond donors (Lipinski definition) is 1. The molecule has 0 aromatic carbocycles. The average Bonchev–Trinajstić information content (AvgIpc) is 3.44. The Kier molecular flexibility index (Phi) is 58.9. The van der Waals surface area contributed by atoms with Crippen LogP contribution in [0.4, 0.5) is 0 Å². The fraction of sp³-hybridized carbons (Fsp3) is 0.708. The van der Waals surface area contributed by atoms with Crippen LogP contribution in [0.3, 0.4) is 0 Å². The predicted octanol–water partition coefficient (Wildman–Crippen LogP) is 20.2. The number of unbranched alkanes of at least 4 members (excludes halogenated alkanes) is 27. The Balaban J connectivity index is 4.17. The van der Waals surface area contributed by atoms with Crippen LogP contribution in [-0.4, -0.2) is 87.4 Å². The summed E-state index contributed by atoms with van der Waals surface area (Å²) in [7, 11) is 5.97. The molecular weight excluding hydrogens is 1010 g/mol. The van der Waals surface area contributed by atoms with Crippen LogP contribution in [0, 0.1) is 0 Å². The van der Waals surface area contributed by atoms with Gasteiger partial charge < -0.3 is 28.5 Å². The summed E-state index contributed by atoms with van der Waals surface area (Å²) in [4.78, 5) is 37.5. The Hall–Kier alpha value is -4.05. The highest BCUT2D eigenvalue weighted by Gasteiger charge is 2.25. The van der Waals surface area contributed by atoms with Crippen molar-refractivity contribution in [2.45, 2.75) is 283 Å². The van der Waals surface area contributed by atoms with Crippen molar-refractivity contribution in [3.63, 3.8) is 0 Å². The lowest BCUT2D eigenvalue weighted by atomic mass is 10.0. The van der Waals surface area contributed by atoms with Crippen LogP contribution in [0.1, 0.15) is 271 Å². The first-order chi connectivity index (χ1) is 39.6. The van der Waals surface area contributed by atoms with Crippen molar-refractivity contribution in [1.29, 1.82) is 0 Å². The van der Waals surface area contributed by atoms with Gasteiger partial charge in [-0.25, -0.2) is 4.79 Å². The summed E-state index contributed by atoms with van der Waals surface area (Å²) in [5.41, 5.74) is 0. The molecule has 464 valence electrons. The van der Waals surface area contributed by atoms with E-state index in [0.29, 0.717) is 23.9 Å². The Bertz CT molecular complexity index is 1700. The lowest BCUT2D eigenvalue weighted by molar-refractivity contribution is -0.870. The van der Waals surface area contributed by atoms with Gasteiger partial charge in [-0.15, -0.1) is 0 Å². The lowest BCUT2D eigenvalue weighted by Crippen LogP contribution is -2.40. The van der Waals surface area contributed by atoms with E-state index < -0.39 is 24.3 Å². The minimum Gasteiger partial charge on any atom is -0.477 e. The van der Waals surface area contributed by atoms with Gasteiger partial charge in [-0.05, 0) is 83.5 Å². The van der Waals surface area contributed by atoms with Crippen molar-refractivity contribution in [3.05, 3.63) is 109 Å². The molecule has 0 aromatic rings. The summed E-state index contributed by atoms with van der Waals surface area (Å²) in [6.07, 6.45) is 83.2. The lowest BCUT2D eigenvalue weighted by Gasteiger charge is -2.25. The number of likely N-dealkylation sites (N-methyl/N-ethyl adjacent to an activating group) is 1. The average molecular weight is 1130 g/mol. The zero-order valence-electron chi connectivity index (χ0n) is 52.9. The number of carbonyl (C=O) groups excluding carboxylic acids is 2. The number of carboxylic acids is 1. The highest BCUT2D eigenvalue weighted by molar-refractivity contribution is 5.71. The summed E-state index contributed by atoms with van der Waals surface area (Å²) in [5.74, 6) is -2.01. The Morgan fingerprint density at radius 3 is 1.05 bits per heavy atom.